The van der Waals surface area contributed by atoms with Crippen LogP contribution < -0.4 is 4.74 Å². The maximum Gasteiger partial charge on any atom is 0.433 e. The van der Waals surface area contributed by atoms with Crippen LogP contribution in [0.25, 0.3) is 0 Å². The Balaban J connectivity index is 1.90. The Hall–Kier alpha value is -2.63. The first-order chi connectivity index (χ1) is 14.1. The maximum absolute atomic E-state index is 13.4. The van der Waals surface area contributed by atoms with E-state index in [1.165, 1.54) is 0 Å². The lowest BCUT2D eigenvalue weighted by molar-refractivity contribution is -0.239. The van der Waals surface area contributed by atoms with Crippen LogP contribution in [0.2, 0.25) is 0 Å². The third-order valence-electron chi connectivity index (χ3n) is 4.86. The van der Waals surface area contributed by atoms with Gasteiger partial charge in [0.25, 0.3) is 0 Å². The Kier molecular flexibility index (Phi) is 6.34. The van der Waals surface area contributed by atoms with Gasteiger partial charge in [-0.15, -0.1) is 5.10 Å². The predicted octanol–water partition coefficient (Wildman–Crippen LogP) is 1.88. The fourth-order valence-electron chi connectivity index (χ4n) is 3.15. The number of halogens is 3. The van der Waals surface area contributed by atoms with Crippen LogP contribution in [0.15, 0.2) is 24.3 Å². The Labute approximate surface area is 169 Å². The normalized spacial score (nSPS) is 24.6. The molecule has 0 unspecified atom stereocenters. The molecule has 8 nitrogen and oxygen atoms in total. The van der Waals surface area contributed by atoms with Crippen LogP contribution in [0, 0.1) is 0 Å². The van der Waals surface area contributed by atoms with Crippen LogP contribution >= 0.6 is 0 Å². The van der Waals surface area contributed by atoms with E-state index in [0.717, 1.165) is 12.0 Å². The molecule has 30 heavy (non-hydrogen) atoms. The minimum Gasteiger partial charge on any atom is -0.479 e. The number of hydrogen-bond donors (Lipinski definition) is 4. The molecule has 0 radical (unpaired) electrons. The molecule has 164 valence electrons. The van der Waals surface area contributed by atoms with Crippen molar-refractivity contribution in [3.8, 4) is 5.88 Å². The quantitative estimate of drug-likeness (QED) is 0.552. The number of hydrogen-bond acceptors (Lipinski definition) is 6. The zero-order chi connectivity index (χ0) is 22.1. The molecule has 0 saturated carbocycles. The van der Waals surface area contributed by atoms with Crippen molar-refractivity contribution >= 4 is 5.97 Å². The number of alkyl halides is 3. The van der Waals surface area contributed by atoms with Gasteiger partial charge in [0.15, 0.2) is 6.10 Å². The summed E-state index contributed by atoms with van der Waals surface area (Å²) in [4.78, 5) is 11.2. The van der Waals surface area contributed by atoms with Crippen LogP contribution in [0.4, 0.5) is 13.2 Å². The smallest absolute Gasteiger partial charge is 0.433 e. The van der Waals surface area contributed by atoms with Crippen molar-refractivity contribution in [3.05, 3.63) is 46.6 Å². The molecule has 3 rings (SSSR count). The number of aliphatic hydroxyl groups excluding tert-OH is 2. The lowest BCUT2D eigenvalue weighted by Gasteiger charge is -2.34. The SMILES string of the molecule is CCc1ccc(Cc2c(O[C@@H]3O[C@H](C(=O)O)C[C@H](O)[C@H]3O)n[nH]c2C(F)(F)F)cc1. The highest BCUT2D eigenvalue weighted by molar-refractivity contribution is 5.72. The monoisotopic (exact) mass is 430 g/mol. The van der Waals surface area contributed by atoms with Crippen molar-refractivity contribution in [1.29, 1.82) is 0 Å². The first kappa shape index (κ1) is 22.1. The Morgan fingerprint density at radius 2 is 1.90 bits per heavy atom. The van der Waals surface area contributed by atoms with Crippen molar-refractivity contribution < 1.29 is 42.8 Å². The minimum atomic E-state index is -4.75. The number of aromatic nitrogens is 2. The Bertz CT molecular complexity index is 883. The summed E-state index contributed by atoms with van der Waals surface area (Å²) in [6.45, 7) is 1.95. The number of nitrogens with one attached hydrogen (secondary N) is 1. The Morgan fingerprint density at radius 1 is 1.27 bits per heavy atom. The zero-order valence-electron chi connectivity index (χ0n) is 15.9. The van der Waals surface area contributed by atoms with Gasteiger partial charge >= 0.3 is 12.1 Å². The molecule has 2 heterocycles. The number of aliphatic carboxylic acids is 1. The van der Waals surface area contributed by atoms with Gasteiger partial charge in [0.2, 0.25) is 12.2 Å². The van der Waals surface area contributed by atoms with E-state index in [4.69, 9.17) is 14.6 Å². The average Bonchev–Trinajstić information content (AvgIpc) is 3.08. The predicted molar refractivity (Wildman–Crippen MR) is 95.8 cm³/mol. The van der Waals surface area contributed by atoms with E-state index in [1.54, 1.807) is 24.3 Å². The summed E-state index contributed by atoms with van der Waals surface area (Å²) in [7, 11) is 0. The summed E-state index contributed by atoms with van der Waals surface area (Å²) in [6.07, 6.45) is -10.9. The van der Waals surface area contributed by atoms with Crippen LogP contribution in [0.1, 0.15) is 35.7 Å². The number of carboxylic acids is 1. The molecule has 11 heteroatoms. The molecule has 4 atom stereocenters. The number of aryl methyl sites for hydroxylation is 1. The largest absolute Gasteiger partial charge is 0.479 e. The number of aromatic amines is 1. The van der Waals surface area contributed by atoms with E-state index in [2.05, 4.69) is 5.10 Å². The van der Waals surface area contributed by atoms with Crippen molar-refractivity contribution in [3.63, 3.8) is 0 Å². The number of ether oxygens (including phenoxy) is 2. The number of benzene rings is 1. The highest BCUT2D eigenvalue weighted by atomic mass is 19.4. The summed E-state index contributed by atoms with van der Waals surface area (Å²) in [6, 6.07) is 6.97. The van der Waals surface area contributed by atoms with Gasteiger partial charge in [-0.25, -0.2) is 4.79 Å². The lowest BCUT2D eigenvalue weighted by Crippen LogP contribution is -2.52. The van der Waals surface area contributed by atoms with Crippen LogP contribution in [0.5, 0.6) is 5.88 Å². The van der Waals surface area contributed by atoms with Gasteiger partial charge in [-0.3, -0.25) is 5.10 Å². The highest BCUT2D eigenvalue weighted by Crippen LogP contribution is 2.36. The van der Waals surface area contributed by atoms with E-state index in [-0.39, 0.29) is 18.4 Å². The molecule has 1 saturated heterocycles. The fourth-order valence-corrected chi connectivity index (χ4v) is 3.15. The van der Waals surface area contributed by atoms with Crippen LogP contribution in [-0.4, -0.2) is 56.1 Å². The number of aliphatic hydroxyl groups is 2. The zero-order valence-corrected chi connectivity index (χ0v) is 15.9. The van der Waals surface area contributed by atoms with Crippen molar-refractivity contribution in [2.75, 3.05) is 0 Å². The summed E-state index contributed by atoms with van der Waals surface area (Å²) in [5.74, 6) is -1.90. The van der Waals surface area contributed by atoms with Gasteiger partial charge in [0, 0.05) is 12.8 Å². The summed E-state index contributed by atoms with van der Waals surface area (Å²) < 4.78 is 50.7. The lowest BCUT2D eigenvalue weighted by atomic mass is 10.0. The molecule has 1 aromatic carbocycles. The molecular formula is C19H21F3N2O6. The molecule has 2 aromatic rings. The highest BCUT2D eigenvalue weighted by Gasteiger charge is 2.43. The van der Waals surface area contributed by atoms with Gasteiger partial charge in [-0.05, 0) is 17.5 Å². The Morgan fingerprint density at radius 3 is 2.47 bits per heavy atom. The van der Waals surface area contributed by atoms with E-state index in [0.29, 0.717) is 5.56 Å². The minimum absolute atomic E-state index is 0.182. The summed E-state index contributed by atoms with van der Waals surface area (Å²) >= 11 is 0. The fraction of sp³-hybridized carbons (Fsp3) is 0.474. The summed E-state index contributed by atoms with van der Waals surface area (Å²) in [5, 5.41) is 34.4. The molecule has 0 aliphatic carbocycles. The van der Waals surface area contributed by atoms with Crippen LogP contribution in [-0.2, 0) is 28.5 Å². The first-order valence-corrected chi connectivity index (χ1v) is 9.23. The molecule has 0 amide bonds. The van der Waals surface area contributed by atoms with E-state index < -0.39 is 48.3 Å². The van der Waals surface area contributed by atoms with Crippen LogP contribution in [0.3, 0.4) is 0 Å². The van der Waals surface area contributed by atoms with E-state index in [1.807, 2.05) is 12.0 Å². The van der Waals surface area contributed by atoms with E-state index in [9.17, 15) is 28.2 Å². The molecule has 4 N–H and O–H groups in total. The van der Waals surface area contributed by atoms with Gasteiger partial charge in [0.1, 0.15) is 11.8 Å². The average molecular weight is 430 g/mol. The van der Waals surface area contributed by atoms with Gasteiger partial charge in [-0.1, -0.05) is 31.2 Å². The second kappa shape index (κ2) is 8.62. The van der Waals surface area contributed by atoms with Gasteiger partial charge in [0.05, 0.1) is 11.7 Å². The van der Waals surface area contributed by atoms with Crippen molar-refractivity contribution in [2.45, 2.75) is 57.0 Å². The number of carbonyl (C=O) groups is 1. The number of carboxylic acid groups (broad SMARTS) is 1. The number of H-pyrrole nitrogens is 1. The number of rotatable bonds is 6. The molecular weight excluding hydrogens is 409 g/mol. The molecule has 0 bridgehead atoms. The second-order valence-electron chi connectivity index (χ2n) is 6.97. The second-order valence-corrected chi connectivity index (χ2v) is 6.97. The summed E-state index contributed by atoms with van der Waals surface area (Å²) in [5.41, 5.74) is 0.135. The molecule has 0 spiro atoms. The number of nitrogens with zero attached hydrogens (tertiary/aromatic N) is 1. The molecule has 1 aromatic heterocycles. The molecule has 1 fully saturated rings. The van der Waals surface area contributed by atoms with Gasteiger partial charge in [-0.2, -0.15) is 13.2 Å². The molecule has 1 aliphatic rings. The van der Waals surface area contributed by atoms with Crippen molar-refractivity contribution in [1.82, 2.24) is 10.2 Å². The standard InChI is InChI=1S/C19H21F3N2O6/c1-2-9-3-5-10(6-4-9)7-11-15(19(20,21)22)23-24-16(11)30-18-14(26)12(25)8-13(29-18)17(27)28/h3-6,12-14,18,25-26H,2,7-8H2,1H3,(H,23,24)(H,27,28)/t12-,13-,14+,18-/m0/s1. The van der Waals surface area contributed by atoms with E-state index >= 15 is 0 Å². The topological polar surface area (TPSA) is 125 Å². The van der Waals surface area contributed by atoms with Crippen molar-refractivity contribution in [2.24, 2.45) is 0 Å². The first-order valence-electron chi connectivity index (χ1n) is 9.23. The van der Waals surface area contributed by atoms with Gasteiger partial charge < -0.3 is 24.8 Å². The molecule has 1 aliphatic heterocycles. The maximum atomic E-state index is 13.4. The third kappa shape index (κ3) is 4.74. The third-order valence-corrected chi connectivity index (χ3v) is 4.86.